The molecule has 0 aromatic rings. The summed E-state index contributed by atoms with van der Waals surface area (Å²) in [6.45, 7) is 3.25. The first kappa shape index (κ1) is 11.1. The Morgan fingerprint density at radius 3 is 2.25 bits per heavy atom. The summed E-state index contributed by atoms with van der Waals surface area (Å²) < 4.78 is 9.10. The van der Waals surface area contributed by atoms with Crippen molar-refractivity contribution >= 4 is 11.8 Å². The maximum atomic E-state index is 10.9. The molecule has 0 saturated carbocycles. The first-order valence-electron chi connectivity index (χ1n) is 3.75. The highest BCUT2D eigenvalue weighted by Crippen LogP contribution is 1.94. The molecule has 0 heterocycles. The zero-order chi connectivity index (χ0) is 9.56. The summed E-state index contributed by atoms with van der Waals surface area (Å²) in [6.07, 6.45) is 0. The highest BCUT2D eigenvalue weighted by molar-refractivity contribution is 5.84. The molecule has 0 aromatic heterocycles. The van der Waals surface area contributed by atoms with E-state index in [1.807, 2.05) is 0 Å². The number of methoxy groups -OCH3 is 1. The van der Waals surface area contributed by atoms with E-state index in [0.29, 0.717) is 0 Å². The molecule has 70 valence electrons. The van der Waals surface area contributed by atoms with Crippen LogP contribution in [0.4, 0.5) is 0 Å². The van der Waals surface area contributed by atoms with Crippen LogP contribution in [0.15, 0.2) is 0 Å². The average Bonchev–Trinajstić information content (AvgIpc) is 2.00. The Morgan fingerprint density at radius 2 is 1.83 bits per heavy atom. The van der Waals surface area contributed by atoms with Crippen LogP contribution < -0.4 is 0 Å². The van der Waals surface area contributed by atoms with E-state index in [4.69, 9.17) is 0 Å². The van der Waals surface area contributed by atoms with E-state index >= 15 is 0 Å². The molecule has 0 unspecified atom stereocenters. The van der Waals surface area contributed by atoms with Gasteiger partial charge in [0.05, 0.1) is 0 Å². The molecular formula is C8H14O4. The predicted octanol–water partition coefficient (Wildman–Crippen LogP) is 0.401. The van der Waals surface area contributed by atoms with Gasteiger partial charge in [-0.1, -0.05) is 13.8 Å². The van der Waals surface area contributed by atoms with E-state index in [-0.39, 0.29) is 24.9 Å². The number of carbonyl (C=O) groups excluding carboxylic acids is 2. The average molecular weight is 174 g/mol. The van der Waals surface area contributed by atoms with Crippen LogP contribution in [0, 0.1) is 5.92 Å². The zero-order valence-electron chi connectivity index (χ0n) is 7.62. The van der Waals surface area contributed by atoms with E-state index in [2.05, 4.69) is 9.47 Å². The van der Waals surface area contributed by atoms with Gasteiger partial charge in [-0.3, -0.25) is 4.79 Å². The minimum atomic E-state index is -0.508. The van der Waals surface area contributed by atoms with Gasteiger partial charge in [-0.2, -0.15) is 0 Å². The van der Waals surface area contributed by atoms with Crippen molar-refractivity contribution in [3.05, 3.63) is 0 Å². The normalized spacial score (nSPS) is 10.0. The van der Waals surface area contributed by atoms with Gasteiger partial charge in [-0.05, 0) is 0 Å². The van der Waals surface area contributed by atoms with Gasteiger partial charge < -0.3 is 9.47 Å². The summed E-state index contributed by atoms with van der Waals surface area (Å²) in [5.74, 6) is -0.689. The van der Waals surface area contributed by atoms with Crippen LogP contribution in [0.3, 0.4) is 0 Å². The fourth-order valence-electron chi connectivity index (χ4n) is 0.478. The molecular weight excluding hydrogens is 160 g/mol. The number of ketones is 1. The first-order chi connectivity index (χ1) is 5.57. The Balaban J connectivity index is 3.54. The zero-order valence-corrected chi connectivity index (χ0v) is 7.62. The third-order valence-electron chi connectivity index (χ3n) is 1.28. The van der Waals surface area contributed by atoms with Crippen LogP contribution in [0.25, 0.3) is 0 Å². The molecule has 0 atom stereocenters. The lowest BCUT2D eigenvalue weighted by atomic mass is 10.1. The van der Waals surface area contributed by atoms with E-state index in [1.54, 1.807) is 13.8 Å². The Morgan fingerprint density at radius 1 is 1.25 bits per heavy atom. The minimum Gasteiger partial charge on any atom is -0.456 e. The molecule has 4 nitrogen and oxygen atoms in total. The Bertz CT molecular complexity index is 162. The van der Waals surface area contributed by atoms with Crippen LogP contribution >= 0.6 is 0 Å². The Labute approximate surface area is 71.8 Å². The van der Waals surface area contributed by atoms with Crippen molar-refractivity contribution in [2.45, 2.75) is 13.8 Å². The van der Waals surface area contributed by atoms with E-state index in [0.717, 1.165) is 0 Å². The van der Waals surface area contributed by atoms with E-state index in [9.17, 15) is 9.59 Å². The van der Waals surface area contributed by atoms with Crippen LogP contribution in [0.5, 0.6) is 0 Å². The van der Waals surface area contributed by atoms with Gasteiger partial charge in [0, 0.05) is 13.0 Å². The summed E-state index contributed by atoms with van der Waals surface area (Å²) >= 11 is 0. The molecule has 0 aliphatic carbocycles. The third-order valence-corrected chi connectivity index (χ3v) is 1.28. The molecule has 0 amide bonds. The van der Waals surface area contributed by atoms with Crippen LogP contribution in [-0.4, -0.2) is 32.1 Å². The van der Waals surface area contributed by atoms with Gasteiger partial charge in [-0.15, -0.1) is 0 Å². The summed E-state index contributed by atoms with van der Waals surface area (Å²) in [6, 6.07) is 0. The van der Waals surface area contributed by atoms with Gasteiger partial charge in [0.2, 0.25) is 0 Å². The smallest absolute Gasteiger partial charge is 0.332 e. The Hall–Kier alpha value is -0.900. The third kappa shape index (κ3) is 4.85. The molecule has 0 aromatic carbocycles. The molecule has 0 aliphatic rings. The van der Waals surface area contributed by atoms with Crippen molar-refractivity contribution in [2.24, 2.45) is 5.92 Å². The summed E-state index contributed by atoms with van der Waals surface area (Å²) in [7, 11) is 1.39. The predicted molar refractivity (Wildman–Crippen MR) is 42.7 cm³/mol. The van der Waals surface area contributed by atoms with E-state index in [1.165, 1.54) is 7.11 Å². The van der Waals surface area contributed by atoms with Crippen molar-refractivity contribution in [3.8, 4) is 0 Å². The number of rotatable bonds is 5. The number of hydrogen-bond donors (Lipinski definition) is 0. The van der Waals surface area contributed by atoms with Crippen molar-refractivity contribution in [3.63, 3.8) is 0 Å². The van der Waals surface area contributed by atoms with E-state index < -0.39 is 5.97 Å². The van der Waals surface area contributed by atoms with Crippen molar-refractivity contribution < 1.29 is 19.1 Å². The Kier molecular flexibility index (Phi) is 5.28. The van der Waals surface area contributed by atoms with Gasteiger partial charge in [-0.25, -0.2) is 4.79 Å². The van der Waals surface area contributed by atoms with Crippen molar-refractivity contribution in [1.82, 2.24) is 0 Å². The minimum absolute atomic E-state index is 0.0838. The number of esters is 1. The SMILES string of the molecule is COCC(=O)OCC(=O)C(C)C. The second-order valence-electron chi connectivity index (χ2n) is 2.71. The molecule has 0 spiro atoms. The number of hydrogen-bond acceptors (Lipinski definition) is 4. The molecule has 0 radical (unpaired) electrons. The second kappa shape index (κ2) is 5.71. The van der Waals surface area contributed by atoms with Crippen LogP contribution in [0.1, 0.15) is 13.8 Å². The number of Topliss-reactive ketones (excluding diaryl/α,β-unsaturated/α-hetero) is 1. The van der Waals surface area contributed by atoms with Crippen molar-refractivity contribution in [2.75, 3.05) is 20.3 Å². The molecule has 0 bridgehead atoms. The van der Waals surface area contributed by atoms with Gasteiger partial charge in [0.15, 0.2) is 5.78 Å². The summed E-state index contributed by atoms with van der Waals surface area (Å²) in [4.78, 5) is 21.6. The maximum absolute atomic E-state index is 10.9. The highest BCUT2D eigenvalue weighted by Gasteiger charge is 2.09. The first-order valence-corrected chi connectivity index (χ1v) is 3.75. The standard InChI is InChI=1S/C8H14O4/c1-6(2)7(9)4-12-8(10)5-11-3/h6H,4-5H2,1-3H3. The lowest BCUT2D eigenvalue weighted by Gasteiger charge is -2.04. The molecule has 0 aliphatic heterocycles. The largest absolute Gasteiger partial charge is 0.456 e. The van der Waals surface area contributed by atoms with Crippen LogP contribution in [-0.2, 0) is 19.1 Å². The van der Waals surface area contributed by atoms with Gasteiger partial charge >= 0.3 is 5.97 Å². The highest BCUT2D eigenvalue weighted by atomic mass is 16.6. The molecule has 0 fully saturated rings. The summed E-state index contributed by atoms with van der Waals surface area (Å²) in [5, 5.41) is 0. The lowest BCUT2D eigenvalue weighted by Crippen LogP contribution is -2.20. The molecule has 0 N–H and O–H groups in total. The van der Waals surface area contributed by atoms with Gasteiger partial charge in [0.1, 0.15) is 13.2 Å². The van der Waals surface area contributed by atoms with Crippen LogP contribution in [0.2, 0.25) is 0 Å². The monoisotopic (exact) mass is 174 g/mol. The molecule has 4 heteroatoms. The quantitative estimate of drug-likeness (QED) is 0.566. The number of ether oxygens (including phenoxy) is 2. The topological polar surface area (TPSA) is 52.6 Å². The second-order valence-corrected chi connectivity index (χ2v) is 2.71. The molecule has 0 saturated heterocycles. The maximum Gasteiger partial charge on any atom is 0.332 e. The molecule has 12 heavy (non-hydrogen) atoms. The van der Waals surface area contributed by atoms with Gasteiger partial charge in [0.25, 0.3) is 0 Å². The summed E-state index contributed by atoms with van der Waals surface area (Å²) in [5.41, 5.74) is 0. The fourth-order valence-corrected chi connectivity index (χ4v) is 0.478. The molecule has 0 rings (SSSR count). The lowest BCUT2D eigenvalue weighted by molar-refractivity contribution is -0.152. The fraction of sp³-hybridized carbons (Fsp3) is 0.750. The number of carbonyl (C=O) groups is 2. The van der Waals surface area contributed by atoms with Crippen molar-refractivity contribution in [1.29, 1.82) is 0 Å².